The van der Waals surface area contributed by atoms with Crippen LogP contribution in [0.1, 0.15) is 71.0 Å². The van der Waals surface area contributed by atoms with Crippen LogP contribution in [0.2, 0.25) is 0 Å². The fourth-order valence-corrected chi connectivity index (χ4v) is 2.57. The Kier molecular flexibility index (Phi) is 8.35. The lowest BCUT2D eigenvalue weighted by atomic mass is 10.0. The molecule has 4 heteroatoms. The summed E-state index contributed by atoms with van der Waals surface area (Å²) in [6.45, 7) is 8.51. The molecular weight excluding hydrogens is 250 g/mol. The van der Waals surface area contributed by atoms with Crippen molar-refractivity contribution in [3.63, 3.8) is 0 Å². The van der Waals surface area contributed by atoms with Gasteiger partial charge >= 0.3 is 0 Å². The third-order valence-electron chi connectivity index (χ3n) is 3.68. The second-order valence-electron chi connectivity index (χ2n) is 5.27. The average Bonchev–Trinajstić information content (AvgIpc) is 2.89. The summed E-state index contributed by atoms with van der Waals surface area (Å²) in [5.74, 6) is 0.913. The van der Waals surface area contributed by atoms with Gasteiger partial charge in [-0.15, -0.1) is 0 Å². The molecule has 0 amide bonds. The van der Waals surface area contributed by atoms with Gasteiger partial charge in [0.1, 0.15) is 0 Å². The molecule has 1 unspecified atom stereocenters. The molecule has 0 aromatic carbocycles. The standard InChI is InChI=1S/C16H31N3O/c1-5-8-9-10-11-14(17-12-6-2)16-15(20-4)13-18-19(16)7-3/h13-14,17H,5-12H2,1-4H3. The summed E-state index contributed by atoms with van der Waals surface area (Å²) in [6.07, 6.45) is 9.31. The zero-order chi connectivity index (χ0) is 14.8. The molecular formula is C16H31N3O. The molecule has 0 fully saturated rings. The van der Waals surface area contributed by atoms with Crippen LogP contribution in [-0.2, 0) is 6.54 Å². The SMILES string of the molecule is CCCCCCC(NCCC)c1c(OC)cnn1CC. The van der Waals surface area contributed by atoms with E-state index in [4.69, 9.17) is 4.74 Å². The number of nitrogens with zero attached hydrogens (tertiary/aromatic N) is 2. The predicted octanol–water partition coefficient (Wildman–Crippen LogP) is 3.92. The van der Waals surface area contributed by atoms with Crippen molar-refractivity contribution in [1.82, 2.24) is 15.1 Å². The van der Waals surface area contributed by atoms with Crippen molar-refractivity contribution in [2.45, 2.75) is 71.9 Å². The minimum atomic E-state index is 0.351. The highest BCUT2D eigenvalue weighted by Crippen LogP contribution is 2.28. The molecule has 0 bridgehead atoms. The molecule has 1 aromatic rings. The van der Waals surface area contributed by atoms with Gasteiger partial charge in [-0.05, 0) is 26.3 Å². The molecule has 1 N–H and O–H groups in total. The van der Waals surface area contributed by atoms with Gasteiger partial charge in [-0.2, -0.15) is 5.10 Å². The maximum absolute atomic E-state index is 5.49. The summed E-state index contributed by atoms with van der Waals surface area (Å²) >= 11 is 0. The molecule has 0 radical (unpaired) electrons. The van der Waals surface area contributed by atoms with Crippen molar-refractivity contribution in [3.8, 4) is 5.75 Å². The Bertz CT molecular complexity index is 341. The minimum Gasteiger partial charge on any atom is -0.493 e. The quantitative estimate of drug-likeness (QED) is 0.625. The third kappa shape index (κ3) is 4.82. The Morgan fingerprint density at radius 1 is 1.20 bits per heavy atom. The van der Waals surface area contributed by atoms with Crippen LogP contribution in [0, 0.1) is 0 Å². The van der Waals surface area contributed by atoms with Gasteiger partial charge in [-0.1, -0.05) is 39.5 Å². The normalized spacial score (nSPS) is 12.6. The number of nitrogens with one attached hydrogen (secondary N) is 1. The first kappa shape index (κ1) is 17.0. The lowest BCUT2D eigenvalue weighted by Gasteiger charge is -2.21. The summed E-state index contributed by atoms with van der Waals surface area (Å²) in [7, 11) is 1.73. The number of methoxy groups -OCH3 is 1. The Labute approximate surface area is 123 Å². The monoisotopic (exact) mass is 281 g/mol. The number of aromatic nitrogens is 2. The molecule has 0 aliphatic heterocycles. The molecule has 0 saturated carbocycles. The molecule has 0 aliphatic carbocycles. The fourth-order valence-electron chi connectivity index (χ4n) is 2.57. The third-order valence-corrected chi connectivity index (χ3v) is 3.68. The van der Waals surface area contributed by atoms with Crippen LogP contribution >= 0.6 is 0 Å². The molecule has 20 heavy (non-hydrogen) atoms. The summed E-state index contributed by atoms with van der Waals surface area (Å²) in [6, 6.07) is 0.351. The van der Waals surface area contributed by atoms with Gasteiger partial charge in [-0.3, -0.25) is 4.68 Å². The van der Waals surface area contributed by atoms with Crippen molar-refractivity contribution < 1.29 is 4.74 Å². The van der Waals surface area contributed by atoms with Gasteiger partial charge < -0.3 is 10.1 Å². The fraction of sp³-hybridized carbons (Fsp3) is 0.812. The zero-order valence-corrected chi connectivity index (χ0v) is 13.6. The predicted molar refractivity (Wildman–Crippen MR) is 84.2 cm³/mol. The molecule has 0 saturated heterocycles. The van der Waals surface area contributed by atoms with Gasteiger partial charge in [0.05, 0.1) is 25.0 Å². The van der Waals surface area contributed by atoms with Crippen molar-refractivity contribution in [2.75, 3.05) is 13.7 Å². The Hall–Kier alpha value is -1.03. The van der Waals surface area contributed by atoms with Crippen LogP contribution in [0.15, 0.2) is 6.20 Å². The summed E-state index contributed by atoms with van der Waals surface area (Å²) in [5, 5.41) is 8.09. The molecule has 1 atom stereocenters. The maximum Gasteiger partial charge on any atom is 0.161 e. The van der Waals surface area contributed by atoms with E-state index in [9.17, 15) is 0 Å². The van der Waals surface area contributed by atoms with Crippen molar-refractivity contribution in [1.29, 1.82) is 0 Å². The molecule has 0 spiro atoms. The smallest absolute Gasteiger partial charge is 0.161 e. The number of ether oxygens (including phenoxy) is 1. The second-order valence-corrected chi connectivity index (χ2v) is 5.27. The highest BCUT2D eigenvalue weighted by atomic mass is 16.5. The molecule has 1 heterocycles. The van der Waals surface area contributed by atoms with E-state index in [1.54, 1.807) is 7.11 Å². The molecule has 4 nitrogen and oxygen atoms in total. The van der Waals surface area contributed by atoms with Gasteiger partial charge in [0, 0.05) is 6.54 Å². The van der Waals surface area contributed by atoms with E-state index in [0.29, 0.717) is 6.04 Å². The van der Waals surface area contributed by atoms with Crippen LogP contribution in [0.5, 0.6) is 5.75 Å². The summed E-state index contributed by atoms with van der Waals surface area (Å²) in [4.78, 5) is 0. The largest absolute Gasteiger partial charge is 0.493 e. The van der Waals surface area contributed by atoms with Crippen LogP contribution in [0.4, 0.5) is 0 Å². The summed E-state index contributed by atoms with van der Waals surface area (Å²) in [5.41, 5.74) is 1.21. The van der Waals surface area contributed by atoms with E-state index in [1.165, 1.54) is 31.4 Å². The van der Waals surface area contributed by atoms with Gasteiger partial charge in [0.2, 0.25) is 0 Å². The number of hydrogen-bond donors (Lipinski definition) is 1. The molecule has 0 aliphatic rings. The highest BCUT2D eigenvalue weighted by molar-refractivity contribution is 5.28. The van der Waals surface area contributed by atoms with E-state index in [2.05, 4.69) is 35.9 Å². The Balaban J connectivity index is 2.77. The first-order chi connectivity index (χ1) is 9.78. The first-order valence-electron chi connectivity index (χ1n) is 8.11. The van der Waals surface area contributed by atoms with E-state index >= 15 is 0 Å². The van der Waals surface area contributed by atoms with E-state index in [1.807, 2.05) is 6.20 Å². The Morgan fingerprint density at radius 3 is 2.60 bits per heavy atom. The van der Waals surface area contributed by atoms with E-state index in [-0.39, 0.29) is 0 Å². The Morgan fingerprint density at radius 2 is 2.00 bits per heavy atom. The molecule has 1 rings (SSSR count). The average molecular weight is 281 g/mol. The van der Waals surface area contributed by atoms with Gasteiger partial charge in [0.25, 0.3) is 0 Å². The maximum atomic E-state index is 5.49. The lowest BCUT2D eigenvalue weighted by molar-refractivity contribution is 0.380. The molecule has 116 valence electrons. The van der Waals surface area contributed by atoms with Crippen LogP contribution in [-0.4, -0.2) is 23.4 Å². The first-order valence-corrected chi connectivity index (χ1v) is 8.11. The second kappa shape index (κ2) is 9.81. The van der Waals surface area contributed by atoms with Crippen LogP contribution in [0.3, 0.4) is 0 Å². The van der Waals surface area contributed by atoms with E-state index in [0.717, 1.165) is 31.7 Å². The van der Waals surface area contributed by atoms with Crippen molar-refractivity contribution in [2.24, 2.45) is 0 Å². The lowest BCUT2D eigenvalue weighted by Crippen LogP contribution is -2.25. The summed E-state index contributed by atoms with van der Waals surface area (Å²) < 4.78 is 7.55. The number of hydrogen-bond acceptors (Lipinski definition) is 3. The van der Waals surface area contributed by atoms with Crippen molar-refractivity contribution in [3.05, 3.63) is 11.9 Å². The van der Waals surface area contributed by atoms with Gasteiger partial charge in [0.15, 0.2) is 5.75 Å². The number of rotatable bonds is 11. The minimum absolute atomic E-state index is 0.351. The van der Waals surface area contributed by atoms with Crippen LogP contribution in [0.25, 0.3) is 0 Å². The van der Waals surface area contributed by atoms with Crippen molar-refractivity contribution >= 4 is 0 Å². The highest BCUT2D eigenvalue weighted by Gasteiger charge is 2.20. The zero-order valence-electron chi connectivity index (χ0n) is 13.6. The van der Waals surface area contributed by atoms with E-state index < -0.39 is 0 Å². The van der Waals surface area contributed by atoms with Crippen LogP contribution < -0.4 is 10.1 Å². The molecule has 1 aromatic heterocycles. The number of unbranched alkanes of at least 4 members (excludes halogenated alkanes) is 3. The van der Waals surface area contributed by atoms with Gasteiger partial charge in [-0.25, -0.2) is 0 Å². The number of aryl methyl sites for hydroxylation is 1. The topological polar surface area (TPSA) is 39.1 Å².